The van der Waals surface area contributed by atoms with E-state index >= 15 is 0 Å². The third-order valence-electron chi connectivity index (χ3n) is 3.58. The first-order valence-electron chi connectivity index (χ1n) is 6.45. The Balaban J connectivity index is 1.93. The minimum atomic E-state index is 0.147. The second kappa shape index (κ2) is 5.79. The van der Waals surface area contributed by atoms with Gasteiger partial charge in [0.25, 0.3) is 0 Å². The zero-order valence-electron chi connectivity index (χ0n) is 10.7. The summed E-state index contributed by atoms with van der Waals surface area (Å²) in [6.07, 6.45) is 2.36. The van der Waals surface area contributed by atoms with E-state index in [2.05, 4.69) is 17.9 Å². The Labute approximate surface area is 108 Å². The van der Waals surface area contributed by atoms with Crippen LogP contribution >= 0.6 is 0 Å². The second-order valence-corrected chi connectivity index (χ2v) is 5.07. The molecule has 1 heterocycles. The number of nitriles is 1. The minimum absolute atomic E-state index is 0.147. The van der Waals surface area contributed by atoms with Crippen molar-refractivity contribution in [2.24, 2.45) is 5.92 Å². The molecular formula is C15H18N2O. The van der Waals surface area contributed by atoms with E-state index < -0.39 is 0 Å². The molecule has 1 aliphatic heterocycles. The van der Waals surface area contributed by atoms with Crippen molar-refractivity contribution in [3.63, 3.8) is 0 Å². The van der Waals surface area contributed by atoms with Crippen LogP contribution in [-0.4, -0.2) is 30.3 Å². The van der Waals surface area contributed by atoms with Crippen molar-refractivity contribution in [1.29, 1.82) is 5.26 Å². The maximum atomic E-state index is 12.1. The van der Waals surface area contributed by atoms with Gasteiger partial charge in [-0.3, -0.25) is 9.69 Å². The summed E-state index contributed by atoms with van der Waals surface area (Å²) in [5.41, 5.74) is 1.30. The van der Waals surface area contributed by atoms with Crippen LogP contribution in [0.2, 0.25) is 0 Å². The van der Waals surface area contributed by atoms with Gasteiger partial charge < -0.3 is 0 Å². The Morgan fingerprint density at radius 2 is 1.94 bits per heavy atom. The van der Waals surface area contributed by atoms with E-state index in [9.17, 15) is 4.79 Å². The van der Waals surface area contributed by atoms with Crippen LogP contribution in [0.4, 0.5) is 0 Å². The van der Waals surface area contributed by atoms with Gasteiger partial charge >= 0.3 is 0 Å². The zero-order chi connectivity index (χ0) is 13.0. The summed E-state index contributed by atoms with van der Waals surface area (Å²) in [6.45, 7) is 4.80. The molecule has 0 saturated carbocycles. The van der Waals surface area contributed by atoms with Gasteiger partial charge in [-0.1, -0.05) is 19.1 Å². The average Bonchev–Trinajstić information content (AvgIpc) is 2.41. The number of hydrogen-bond donors (Lipinski definition) is 0. The Morgan fingerprint density at radius 1 is 1.33 bits per heavy atom. The summed E-state index contributed by atoms with van der Waals surface area (Å²) in [4.78, 5) is 14.3. The average molecular weight is 242 g/mol. The first-order chi connectivity index (χ1) is 8.69. The second-order valence-electron chi connectivity index (χ2n) is 5.07. The predicted molar refractivity (Wildman–Crippen MR) is 70.3 cm³/mol. The number of nitrogens with zero attached hydrogens (tertiary/aromatic N) is 2. The van der Waals surface area contributed by atoms with Crippen LogP contribution < -0.4 is 0 Å². The quantitative estimate of drug-likeness (QED) is 0.765. The largest absolute Gasteiger partial charge is 0.296 e. The molecule has 2 rings (SSSR count). The van der Waals surface area contributed by atoms with Gasteiger partial charge in [-0.2, -0.15) is 5.26 Å². The van der Waals surface area contributed by atoms with Crippen LogP contribution in [-0.2, 0) is 0 Å². The molecule has 18 heavy (non-hydrogen) atoms. The van der Waals surface area contributed by atoms with Crippen molar-refractivity contribution in [2.75, 3.05) is 19.6 Å². The smallest absolute Gasteiger partial charge is 0.176 e. The number of benzene rings is 1. The molecule has 0 bridgehead atoms. The van der Waals surface area contributed by atoms with Gasteiger partial charge in [-0.15, -0.1) is 0 Å². The van der Waals surface area contributed by atoms with E-state index in [0.717, 1.165) is 19.0 Å². The molecular weight excluding hydrogens is 224 g/mol. The van der Waals surface area contributed by atoms with E-state index in [0.29, 0.717) is 17.7 Å². The number of Topliss-reactive ketones (excluding diaryl/α,β-unsaturated/α-hetero) is 1. The Morgan fingerprint density at radius 3 is 2.50 bits per heavy atom. The molecule has 0 spiro atoms. The third kappa shape index (κ3) is 3.18. The Bertz CT molecular complexity index is 450. The highest BCUT2D eigenvalue weighted by molar-refractivity contribution is 5.97. The SMILES string of the molecule is CC1CCN(CC(=O)c2ccc(C#N)cc2)CC1. The van der Waals surface area contributed by atoms with Crippen LogP contribution in [0.1, 0.15) is 35.7 Å². The molecule has 0 aliphatic carbocycles. The summed E-state index contributed by atoms with van der Waals surface area (Å²) >= 11 is 0. The van der Waals surface area contributed by atoms with Crippen LogP contribution in [0.3, 0.4) is 0 Å². The maximum absolute atomic E-state index is 12.1. The van der Waals surface area contributed by atoms with Gasteiger partial charge in [-0.25, -0.2) is 0 Å². The topological polar surface area (TPSA) is 44.1 Å². The molecule has 94 valence electrons. The molecule has 1 aromatic rings. The molecule has 0 amide bonds. The summed E-state index contributed by atoms with van der Waals surface area (Å²) in [5.74, 6) is 0.931. The zero-order valence-corrected chi connectivity index (χ0v) is 10.7. The van der Waals surface area contributed by atoms with Crippen molar-refractivity contribution in [3.05, 3.63) is 35.4 Å². The van der Waals surface area contributed by atoms with Crippen molar-refractivity contribution in [2.45, 2.75) is 19.8 Å². The fraction of sp³-hybridized carbons (Fsp3) is 0.467. The highest BCUT2D eigenvalue weighted by Gasteiger charge is 2.18. The van der Waals surface area contributed by atoms with E-state index in [1.54, 1.807) is 24.3 Å². The highest BCUT2D eigenvalue weighted by atomic mass is 16.1. The van der Waals surface area contributed by atoms with Gasteiger partial charge in [0.15, 0.2) is 5.78 Å². The van der Waals surface area contributed by atoms with Gasteiger partial charge in [0, 0.05) is 5.56 Å². The summed E-state index contributed by atoms with van der Waals surface area (Å²) in [7, 11) is 0. The summed E-state index contributed by atoms with van der Waals surface area (Å²) in [6, 6.07) is 8.94. The standard InChI is InChI=1S/C15H18N2O/c1-12-6-8-17(9-7-12)11-15(18)14-4-2-13(10-16)3-5-14/h2-5,12H,6-9,11H2,1H3. The number of carbonyl (C=O) groups is 1. The number of hydrogen-bond acceptors (Lipinski definition) is 3. The fourth-order valence-electron chi connectivity index (χ4n) is 2.25. The normalized spacial score (nSPS) is 17.3. The van der Waals surface area contributed by atoms with E-state index in [4.69, 9.17) is 5.26 Å². The van der Waals surface area contributed by atoms with Crippen molar-refractivity contribution in [3.8, 4) is 6.07 Å². The fourth-order valence-corrected chi connectivity index (χ4v) is 2.25. The van der Waals surface area contributed by atoms with Gasteiger partial charge in [0.05, 0.1) is 18.2 Å². The lowest BCUT2D eigenvalue weighted by Gasteiger charge is -2.29. The summed E-state index contributed by atoms with van der Waals surface area (Å²) < 4.78 is 0. The van der Waals surface area contributed by atoms with Crippen LogP contribution in [0, 0.1) is 17.2 Å². The molecule has 0 unspecified atom stereocenters. The van der Waals surface area contributed by atoms with Crippen molar-refractivity contribution in [1.82, 2.24) is 4.90 Å². The minimum Gasteiger partial charge on any atom is -0.296 e. The molecule has 0 aromatic heterocycles. The number of rotatable bonds is 3. The molecule has 1 aliphatic rings. The lowest BCUT2D eigenvalue weighted by Crippen LogP contribution is -2.36. The van der Waals surface area contributed by atoms with Gasteiger partial charge in [-0.05, 0) is 44.0 Å². The molecule has 1 fully saturated rings. The van der Waals surface area contributed by atoms with Gasteiger partial charge in [0.1, 0.15) is 0 Å². The van der Waals surface area contributed by atoms with Crippen LogP contribution in [0.25, 0.3) is 0 Å². The van der Waals surface area contributed by atoms with Crippen LogP contribution in [0.5, 0.6) is 0 Å². The van der Waals surface area contributed by atoms with E-state index in [1.807, 2.05) is 0 Å². The Kier molecular flexibility index (Phi) is 4.11. The lowest BCUT2D eigenvalue weighted by atomic mass is 9.98. The molecule has 1 saturated heterocycles. The number of carbonyl (C=O) groups excluding carboxylic acids is 1. The molecule has 0 atom stereocenters. The highest BCUT2D eigenvalue weighted by Crippen LogP contribution is 2.16. The summed E-state index contributed by atoms with van der Waals surface area (Å²) in [5, 5.41) is 8.71. The molecule has 1 aromatic carbocycles. The van der Waals surface area contributed by atoms with Gasteiger partial charge in [0.2, 0.25) is 0 Å². The van der Waals surface area contributed by atoms with Crippen LogP contribution in [0.15, 0.2) is 24.3 Å². The Hall–Kier alpha value is -1.66. The number of ketones is 1. The third-order valence-corrected chi connectivity index (χ3v) is 3.58. The first-order valence-corrected chi connectivity index (χ1v) is 6.45. The monoisotopic (exact) mass is 242 g/mol. The molecule has 3 heteroatoms. The molecule has 0 radical (unpaired) electrons. The van der Waals surface area contributed by atoms with Crippen molar-refractivity contribution >= 4 is 5.78 Å². The number of piperidine rings is 1. The predicted octanol–water partition coefficient (Wildman–Crippen LogP) is 2.47. The lowest BCUT2D eigenvalue weighted by molar-refractivity contribution is 0.0900. The first kappa shape index (κ1) is 12.8. The molecule has 3 nitrogen and oxygen atoms in total. The molecule has 0 N–H and O–H groups in total. The van der Waals surface area contributed by atoms with E-state index in [1.165, 1.54) is 12.8 Å². The number of likely N-dealkylation sites (tertiary alicyclic amines) is 1. The van der Waals surface area contributed by atoms with E-state index in [-0.39, 0.29) is 5.78 Å². The van der Waals surface area contributed by atoms with Crippen molar-refractivity contribution < 1.29 is 4.79 Å². The maximum Gasteiger partial charge on any atom is 0.176 e.